The molecule has 1 aromatic heterocycles. The van der Waals surface area contributed by atoms with Gasteiger partial charge < -0.3 is 9.84 Å². The number of halogens is 1. The smallest absolute Gasteiger partial charge is 0.283 e. The number of thiophene rings is 1. The molecule has 0 fully saturated rings. The van der Waals surface area contributed by atoms with E-state index in [2.05, 4.69) is 10.5 Å². The molecule has 0 aliphatic carbocycles. The van der Waals surface area contributed by atoms with Gasteiger partial charge in [-0.3, -0.25) is 14.9 Å². The summed E-state index contributed by atoms with van der Waals surface area (Å²) in [5.41, 5.74) is 2.03. The van der Waals surface area contributed by atoms with E-state index in [0.717, 1.165) is 28.4 Å². The molecule has 1 heterocycles. The molecule has 3 rings (SSSR count). The molecular formula is C17H12ClN3O5S. The second-order valence-electron chi connectivity index (χ2n) is 5.28. The summed E-state index contributed by atoms with van der Waals surface area (Å²) >= 11 is 7.45. The first-order valence-corrected chi connectivity index (χ1v) is 8.67. The minimum absolute atomic E-state index is 0.0174. The van der Waals surface area contributed by atoms with E-state index < -0.39 is 10.8 Å². The Morgan fingerprint density at radius 2 is 2.15 bits per heavy atom. The number of nitro groups is 1. The van der Waals surface area contributed by atoms with Crippen molar-refractivity contribution >= 4 is 50.8 Å². The average Bonchev–Trinajstić information content (AvgIpc) is 3.00. The van der Waals surface area contributed by atoms with Gasteiger partial charge in [-0.25, -0.2) is 5.43 Å². The SMILES string of the molecule is COc1cc([N+](=O)[O-])cc(/C=N/NC(=O)c2sc3ccccc3c2Cl)c1O. The van der Waals surface area contributed by atoms with Gasteiger partial charge in [0.25, 0.3) is 11.6 Å². The molecular weight excluding hydrogens is 394 g/mol. The molecule has 1 amide bonds. The normalized spacial score (nSPS) is 11.0. The van der Waals surface area contributed by atoms with Crippen molar-refractivity contribution in [3.63, 3.8) is 0 Å². The minimum atomic E-state index is -0.630. The monoisotopic (exact) mass is 405 g/mol. The number of hydrogen-bond acceptors (Lipinski definition) is 7. The molecule has 0 bridgehead atoms. The number of rotatable bonds is 5. The predicted octanol–water partition coefficient (Wildman–Crippen LogP) is 3.94. The maximum atomic E-state index is 12.3. The first-order valence-electron chi connectivity index (χ1n) is 7.48. The molecule has 2 N–H and O–H groups in total. The number of fused-ring (bicyclic) bond motifs is 1. The quantitative estimate of drug-likeness (QED) is 0.379. The van der Waals surface area contributed by atoms with Gasteiger partial charge in [-0.1, -0.05) is 29.8 Å². The van der Waals surface area contributed by atoms with E-state index >= 15 is 0 Å². The van der Waals surface area contributed by atoms with Crippen LogP contribution in [0.2, 0.25) is 5.02 Å². The van der Waals surface area contributed by atoms with Gasteiger partial charge in [-0.05, 0) is 6.07 Å². The number of nitrogens with zero attached hydrogens (tertiary/aromatic N) is 2. The molecule has 0 unspecified atom stereocenters. The van der Waals surface area contributed by atoms with E-state index in [4.69, 9.17) is 16.3 Å². The first kappa shape index (κ1) is 18.6. The fraction of sp³-hybridized carbons (Fsp3) is 0.0588. The van der Waals surface area contributed by atoms with Crippen LogP contribution in [0.5, 0.6) is 11.5 Å². The highest BCUT2D eigenvalue weighted by Gasteiger charge is 2.18. The van der Waals surface area contributed by atoms with Crippen molar-refractivity contribution in [3.8, 4) is 11.5 Å². The van der Waals surface area contributed by atoms with Gasteiger partial charge in [-0.15, -0.1) is 11.3 Å². The van der Waals surface area contributed by atoms with Crippen molar-refractivity contribution < 1.29 is 19.6 Å². The van der Waals surface area contributed by atoms with Gasteiger partial charge >= 0.3 is 0 Å². The molecule has 0 radical (unpaired) electrons. The second kappa shape index (κ2) is 7.60. The zero-order valence-electron chi connectivity index (χ0n) is 13.8. The molecule has 8 nitrogen and oxygen atoms in total. The third kappa shape index (κ3) is 3.69. The number of carbonyl (C=O) groups is 1. The summed E-state index contributed by atoms with van der Waals surface area (Å²) in [6.07, 6.45) is 1.09. The highest BCUT2D eigenvalue weighted by molar-refractivity contribution is 7.21. The Morgan fingerprint density at radius 1 is 1.41 bits per heavy atom. The van der Waals surface area contributed by atoms with Crippen LogP contribution in [0, 0.1) is 10.1 Å². The largest absolute Gasteiger partial charge is 0.504 e. The lowest BCUT2D eigenvalue weighted by molar-refractivity contribution is -0.385. The number of aromatic hydroxyl groups is 1. The second-order valence-corrected chi connectivity index (χ2v) is 6.71. The molecule has 138 valence electrons. The number of carbonyl (C=O) groups excluding carboxylic acids is 1. The number of methoxy groups -OCH3 is 1. The zero-order valence-corrected chi connectivity index (χ0v) is 15.4. The Kier molecular flexibility index (Phi) is 5.24. The standard InChI is InChI=1S/C17H12ClN3O5S/c1-26-12-7-10(21(24)25)6-9(15(12)22)8-19-20-17(23)16-14(18)11-4-2-3-5-13(11)27-16/h2-8,22H,1H3,(H,20,23)/b19-8+. The van der Waals surface area contributed by atoms with Gasteiger partial charge in [0.05, 0.1) is 29.3 Å². The van der Waals surface area contributed by atoms with Crippen molar-refractivity contribution in [2.24, 2.45) is 5.10 Å². The van der Waals surface area contributed by atoms with Crippen LogP contribution in [0.15, 0.2) is 41.5 Å². The Labute approximate surface area is 161 Å². The fourth-order valence-electron chi connectivity index (χ4n) is 2.34. The fourth-order valence-corrected chi connectivity index (χ4v) is 3.75. The number of nitro benzene ring substituents is 1. The number of nitrogens with one attached hydrogen (secondary N) is 1. The van der Waals surface area contributed by atoms with Crippen LogP contribution < -0.4 is 10.2 Å². The van der Waals surface area contributed by atoms with E-state index in [1.54, 1.807) is 0 Å². The summed E-state index contributed by atoms with van der Waals surface area (Å²) in [5.74, 6) is -0.945. The molecule has 0 spiro atoms. The van der Waals surface area contributed by atoms with Crippen LogP contribution in [0.3, 0.4) is 0 Å². The highest BCUT2D eigenvalue weighted by atomic mass is 35.5. The van der Waals surface area contributed by atoms with E-state index in [0.29, 0.717) is 5.02 Å². The van der Waals surface area contributed by atoms with E-state index in [9.17, 15) is 20.0 Å². The number of hydrazone groups is 1. The molecule has 27 heavy (non-hydrogen) atoms. The van der Waals surface area contributed by atoms with Crippen molar-refractivity contribution in [2.75, 3.05) is 7.11 Å². The number of non-ortho nitro benzene ring substituents is 1. The first-order chi connectivity index (χ1) is 12.9. The van der Waals surface area contributed by atoms with Crippen LogP contribution in [0.1, 0.15) is 15.2 Å². The predicted molar refractivity (Wildman–Crippen MR) is 103 cm³/mol. The number of phenols is 1. The lowest BCUT2D eigenvalue weighted by atomic mass is 10.2. The van der Waals surface area contributed by atoms with Crippen LogP contribution >= 0.6 is 22.9 Å². The van der Waals surface area contributed by atoms with Crippen LogP contribution in [0.4, 0.5) is 5.69 Å². The molecule has 0 saturated carbocycles. The molecule has 2 aromatic carbocycles. The van der Waals surface area contributed by atoms with E-state index in [1.807, 2.05) is 24.3 Å². The van der Waals surface area contributed by atoms with Gasteiger partial charge in [0.1, 0.15) is 4.88 Å². The van der Waals surface area contributed by atoms with Crippen molar-refractivity contribution in [3.05, 3.63) is 62.0 Å². The van der Waals surface area contributed by atoms with Crippen molar-refractivity contribution in [1.29, 1.82) is 0 Å². The summed E-state index contributed by atoms with van der Waals surface area (Å²) in [6, 6.07) is 9.51. The lowest BCUT2D eigenvalue weighted by Crippen LogP contribution is -2.16. The van der Waals surface area contributed by atoms with E-state index in [1.165, 1.54) is 18.4 Å². The third-order valence-corrected chi connectivity index (χ3v) is 5.30. The molecule has 0 aliphatic rings. The van der Waals surface area contributed by atoms with Crippen LogP contribution in [-0.4, -0.2) is 29.3 Å². The Balaban J connectivity index is 1.84. The number of amides is 1. The van der Waals surface area contributed by atoms with E-state index in [-0.39, 0.29) is 27.6 Å². The summed E-state index contributed by atoms with van der Waals surface area (Å²) in [6.45, 7) is 0. The molecule has 0 saturated heterocycles. The minimum Gasteiger partial charge on any atom is -0.504 e. The molecule has 0 aliphatic heterocycles. The average molecular weight is 406 g/mol. The maximum absolute atomic E-state index is 12.3. The Bertz CT molecular complexity index is 1080. The van der Waals surface area contributed by atoms with Gasteiger partial charge in [0, 0.05) is 21.7 Å². The number of phenolic OH excluding ortho intramolecular Hbond substituents is 1. The summed E-state index contributed by atoms with van der Waals surface area (Å²) in [5, 5.41) is 25.8. The van der Waals surface area contributed by atoms with Gasteiger partial charge in [0.2, 0.25) is 0 Å². The van der Waals surface area contributed by atoms with Gasteiger partial charge in [-0.2, -0.15) is 5.10 Å². The number of ether oxygens (including phenoxy) is 1. The maximum Gasteiger partial charge on any atom is 0.283 e. The van der Waals surface area contributed by atoms with Crippen molar-refractivity contribution in [2.45, 2.75) is 0 Å². The molecule has 10 heteroatoms. The Morgan fingerprint density at radius 3 is 2.81 bits per heavy atom. The van der Waals surface area contributed by atoms with Crippen molar-refractivity contribution in [1.82, 2.24) is 5.43 Å². The number of hydrogen-bond donors (Lipinski definition) is 2. The number of benzene rings is 2. The summed E-state index contributed by atoms with van der Waals surface area (Å²) < 4.78 is 5.76. The van der Waals surface area contributed by atoms with Gasteiger partial charge in [0.15, 0.2) is 11.5 Å². The molecule has 3 aromatic rings. The highest BCUT2D eigenvalue weighted by Crippen LogP contribution is 2.35. The topological polar surface area (TPSA) is 114 Å². The third-order valence-electron chi connectivity index (χ3n) is 3.63. The Hall–Kier alpha value is -3.17. The van der Waals surface area contributed by atoms with Crippen LogP contribution in [0.25, 0.3) is 10.1 Å². The lowest BCUT2D eigenvalue weighted by Gasteiger charge is -2.05. The summed E-state index contributed by atoms with van der Waals surface area (Å²) in [4.78, 5) is 22.9. The molecule has 0 atom stereocenters. The van der Waals surface area contributed by atoms with Crippen LogP contribution in [-0.2, 0) is 0 Å². The zero-order chi connectivity index (χ0) is 19.6. The summed E-state index contributed by atoms with van der Waals surface area (Å²) in [7, 11) is 1.27.